The quantitative estimate of drug-likeness (QED) is 0.895. The lowest BCUT2D eigenvalue weighted by atomic mass is 10.1. The maximum atomic E-state index is 12.2. The number of amides is 1. The Morgan fingerprint density at radius 2 is 2.16 bits per heavy atom. The number of aryl methyl sites for hydroxylation is 1. The minimum atomic E-state index is -0.235. The molecule has 19 heavy (non-hydrogen) atoms. The molecule has 0 radical (unpaired) electrons. The average molecular weight is 275 g/mol. The molecule has 2 rings (SSSR count). The van der Waals surface area contributed by atoms with Crippen molar-refractivity contribution in [3.05, 3.63) is 51.7 Å². The van der Waals surface area contributed by atoms with Crippen LogP contribution in [-0.4, -0.2) is 11.0 Å². The summed E-state index contributed by atoms with van der Waals surface area (Å²) in [5.41, 5.74) is 1.03. The van der Waals surface area contributed by atoms with Gasteiger partial charge in [0.1, 0.15) is 5.75 Å². The van der Waals surface area contributed by atoms with Crippen LogP contribution in [0.5, 0.6) is 5.75 Å². The molecule has 0 saturated carbocycles. The van der Waals surface area contributed by atoms with Crippen molar-refractivity contribution in [1.29, 1.82) is 0 Å². The molecule has 1 atom stereocenters. The summed E-state index contributed by atoms with van der Waals surface area (Å²) < 4.78 is 0. The Labute approximate surface area is 116 Å². The number of benzene rings is 1. The van der Waals surface area contributed by atoms with Gasteiger partial charge in [0.15, 0.2) is 0 Å². The third kappa shape index (κ3) is 2.96. The number of phenols is 1. The van der Waals surface area contributed by atoms with Gasteiger partial charge in [0, 0.05) is 4.88 Å². The Kier molecular flexibility index (Phi) is 4.22. The predicted molar refractivity (Wildman–Crippen MR) is 77.7 cm³/mol. The minimum Gasteiger partial charge on any atom is -0.507 e. The van der Waals surface area contributed by atoms with Crippen LogP contribution < -0.4 is 5.32 Å². The largest absolute Gasteiger partial charge is 0.507 e. The van der Waals surface area contributed by atoms with Crippen LogP contribution in [-0.2, 0) is 0 Å². The molecular weight excluding hydrogens is 258 g/mol. The highest BCUT2D eigenvalue weighted by Crippen LogP contribution is 2.25. The number of thiophene rings is 1. The van der Waals surface area contributed by atoms with Crippen molar-refractivity contribution in [2.75, 3.05) is 0 Å². The molecule has 1 amide bonds. The zero-order valence-electron chi connectivity index (χ0n) is 11.0. The van der Waals surface area contributed by atoms with E-state index >= 15 is 0 Å². The molecule has 3 nitrogen and oxygen atoms in total. The molecule has 2 N–H and O–H groups in total. The number of para-hydroxylation sites is 1. The maximum absolute atomic E-state index is 12.2. The van der Waals surface area contributed by atoms with Crippen LogP contribution in [0.4, 0.5) is 0 Å². The Morgan fingerprint density at radius 3 is 2.79 bits per heavy atom. The van der Waals surface area contributed by atoms with Crippen molar-refractivity contribution in [2.24, 2.45) is 0 Å². The second-order valence-corrected chi connectivity index (χ2v) is 5.40. The zero-order valence-corrected chi connectivity index (χ0v) is 11.8. The molecule has 1 aromatic heterocycles. The molecule has 0 spiro atoms. The average Bonchev–Trinajstić information content (AvgIpc) is 2.92. The molecule has 0 saturated heterocycles. The summed E-state index contributed by atoms with van der Waals surface area (Å²) in [5.74, 6) is -0.178. The van der Waals surface area contributed by atoms with Gasteiger partial charge >= 0.3 is 0 Å². The van der Waals surface area contributed by atoms with E-state index in [1.165, 1.54) is 0 Å². The van der Waals surface area contributed by atoms with Gasteiger partial charge in [-0.1, -0.05) is 25.1 Å². The summed E-state index contributed by atoms with van der Waals surface area (Å²) in [4.78, 5) is 13.3. The van der Waals surface area contributed by atoms with Gasteiger partial charge < -0.3 is 10.4 Å². The Hall–Kier alpha value is -1.81. The summed E-state index contributed by atoms with van der Waals surface area (Å²) >= 11 is 1.62. The van der Waals surface area contributed by atoms with Crippen LogP contribution in [0.2, 0.25) is 0 Å². The first-order valence-corrected chi connectivity index (χ1v) is 7.14. The highest BCUT2D eigenvalue weighted by atomic mass is 32.1. The van der Waals surface area contributed by atoms with Gasteiger partial charge in [0.25, 0.3) is 5.91 Å². The molecule has 0 aliphatic carbocycles. The van der Waals surface area contributed by atoms with Crippen LogP contribution in [0.3, 0.4) is 0 Å². The number of hydrogen-bond acceptors (Lipinski definition) is 3. The molecule has 1 aromatic carbocycles. The summed E-state index contributed by atoms with van der Waals surface area (Å²) in [6.07, 6.45) is 0.818. The lowest BCUT2D eigenvalue weighted by Crippen LogP contribution is -2.27. The molecule has 0 aliphatic heterocycles. The molecule has 0 bridgehead atoms. The Morgan fingerprint density at radius 1 is 1.37 bits per heavy atom. The second-order valence-electron chi connectivity index (χ2n) is 4.42. The van der Waals surface area contributed by atoms with E-state index in [9.17, 15) is 9.90 Å². The van der Waals surface area contributed by atoms with Crippen LogP contribution in [0.15, 0.2) is 35.7 Å². The zero-order chi connectivity index (χ0) is 13.8. The van der Waals surface area contributed by atoms with E-state index in [4.69, 9.17) is 0 Å². The van der Waals surface area contributed by atoms with Crippen molar-refractivity contribution >= 4 is 17.2 Å². The first-order valence-electron chi connectivity index (χ1n) is 6.26. The van der Waals surface area contributed by atoms with Gasteiger partial charge in [-0.3, -0.25) is 4.79 Å². The molecule has 0 fully saturated rings. The van der Waals surface area contributed by atoms with Crippen molar-refractivity contribution in [1.82, 2.24) is 5.32 Å². The third-order valence-electron chi connectivity index (χ3n) is 3.08. The SMILES string of the molecule is CCC(NC(=O)c1cccc(C)c1O)c1cccs1. The topological polar surface area (TPSA) is 49.3 Å². The molecule has 1 heterocycles. The Bertz CT molecular complexity index is 564. The van der Waals surface area contributed by atoms with Gasteiger partial charge in [0.05, 0.1) is 11.6 Å². The van der Waals surface area contributed by atoms with E-state index in [1.807, 2.05) is 24.4 Å². The number of phenolic OH excluding ortho intramolecular Hbond substituents is 1. The highest BCUT2D eigenvalue weighted by Gasteiger charge is 2.17. The minimum absolute atomic E-state index is 0.00703. The fourth-order valence-electron chi connectivity index (χ4n) is 1.94. The molecule has 4 heteroatoms. The van der Waals surface area contributed by atoms with Gasteiger partial charge in [-0.2, -0.15) is 0 Å². The smallest absolute Gasteiger partial charge is 0.255 e. The van der Waals surface area contributed by atoms with E-state index in [0.717, 1.165) is 11.3 Å². The summed E-state index contributed by atoms with van der Waals surface area (Å²) in [6.45, 7) is 3.81. The lowest BCUT2D eigenvalue weighted by Gasteiger charge is -2.16. The van der Waals surface area contributed by atoms with Crippen molar-refractivity contribution in [3.63, 3.8) is 0 Å². The summed E-state index contributed by atoms with van der Waals surface area (Å²) in [7, 11) is 0. The molecule has 2 aromatic rings. The van der Waals surface area contributed by atoms with Crippen molar-refractivity contribution < 1.29 is 9.90 Å². The monoisotopic (exact) mass is 275 g/mol. The van der Waals surface area contributed by atoms with Gasteiger partial charge in [-0.25, -0.2) is 0 Å². The van der Waals surface area contributed by atoms with Crippen molar-refractivity contribution in [2.45, 2.75) is 26.3 Å². The van der Waals surface area contributed by atoms with Crippen LogP contribution in [0.25, 0.3) is 0 Å². The van der Waals surface area contributed by atoms with Crippen molar-refractivity contribution in [3.8, 4) is 5.75 Å². The number of rotatable bonds is 4. The predicted octanol–water partition coefficient (Wildman–Crippen LogP) is 3.64. The molecular formula is C15H17NO2S. The number of aromatic hydroxyl groups is 1. The number of carbonyl (C=O) groups is 1. The summed E-state index contributed by atoms with van der Waals surface area (Å²) in [6, 6.07) is 9.17. The second kappa shape index (κ2) is 5.89. The molecule has 100 valence electrons. The van der Waals surface area contributed by atoms with Gasteiger partial charge in [0.2, 0.25) is 0 Å². The Balaban J connectivity index is 2.18. The van der Waals surface area contributed by atoms with E-state index in [-0.39, 0.29) is 17.7 Å². The number of nitrogens with one attached hydrogen (secondary N) is 1. The van der Waals surface area contributed by atoms with Crippen LogP contribution >= 0.6 is 11.3 Å². The van der Waals surface area contributed by atoms with E-state index in [2.05, 4.69) is 5.32 Å². The fourth-order valence-corrected chi connectivity index (χ4v) is 2.80. The lowest BCUT2D eigenvalue weighted by molar-refractivity contribution is 0.0933. The van der Waals surface area contributed by atoms with Gasteiger partial charge in [-0.15, -0.1) is 11.3 Å². The van der Waals surface area contributed by atoms with E-state index in [0.29, 0.717) is 11.1 Å². The maximum Gasteiger partial charge on any atom is 0.255 e. The van der Waals surface area contributed by atoms with E-state index < -0.39 is 0 Å². The van der Waals surface area contributed by atoms with Crippen LogP contribution in [0, 0.1) is 6.92 Å². The first kappa shape index (κ1) is 13.6. The molecule has 0 aliphatic rings. The summed E-state index contributed by atoms with van der Waals surface area (Å²) in [5, 5.41) is 14.9. The number of hydrogen-bond donors (Lipinski definition) is 2. The van der Waals surface area contributed by atoms with Crippen LogP contribution in [0.1, 0.15) is 40.2 Å². The fraction of sp³-hybridized carbons (Fsp3) is 0.267. The third-order valence-corrected chi connectivity index (χ3v) is 4.07. The highest BCUT2D eigenvalue weighted by molar-refractivity contribution is 7.10. The van der Waals surface area contributed by atoms with E-state index in [1.54, 1.807) is 36.5 Å². The number of carbonyl (C=O) groups excluding carboxylic acids is 1. The standard InChI is InChI=1S/C15H17NO2S/c1-3-12(13-8-5-9-19-13)16-15(18)11-7-4-6-10(2)14(11)17/h4-9,12,17H,3H2,1-2H3,(H,16,18). The van der Waals surface area contributed by atoms with Gasteiger partial charge in [-0.05, 0) is 36.4 Å². The normalized spacial score (nSPS) is 12.1. The first-order chi connectivity index (χ1) is 9.13. The molecule has 1 unspecified atom stereocenters.